The molecule has 4 N–H and O–H groups in total. The Morgan fingerprint density at radius 3 is 3.05 bits per heavy atom. The third-order valence-corrected chi connectivity index (χ3v) is 3.01. The minimum absolute atomic E-state index is 0.154. The van der Waals surface area contributed by atoms with Crippen molar-refractivity contribution in [3.8, 4) is 0 Å². The third-order valence-electron chi connectivity index (χ3n) is 2.60. The van der Waals surface area contributed by atoms with Crippen LogP contribution < -0.4 is 5.73 Å². The molecule has 19 heavy (non-hydrogen) atoms. The average molecular weight is 292 g/mol. The van der Waals surface area contributed by atoms with Crippen LogP contribution in [0.4, 0.5) is 0 Å². The second-order valence-corrected chi connectivity index (χ2v) is 4.74. The lowest BCUT2D eigenvalue weighted by Crippen LogP contribution is -2.25. The molecule has 1 saturated heterocycles. The number of hydrogen-bond acceptors (Lipinski definition) is 7. The standard InChI is InChI=1S/C8H13N4O6P/c9-7(14)8-10-3-12(11-8)6-1-4(13)5(18-6)2-17-19(15)16/h3-6,13,19H,1-2H2,(H2,9,14)(H,15,16)/t4-,5?,6+/m0/s1. The van der Waals surface area contributed by atoms with Gasteiger partial charge in [-0.2, -0.15) is 0 Å². The van der Waals surface area contributed by atoms with Crippen molar-refractivity contribution in [3.63, 3.8) is 0 Å². The van der Waals surface area contributed by atoms with Gasteiger partial charge in [-0.25, -0.2) is 9.67 Å². The molecule has 0 aromatic carbocycles. The second-order valence-electron chi connectivity index (χ2n) is 3.92. The number of carbonyl (C=O) groups excluding carboxylic acids is 1. The van der Waals surface area contributed by atoms with E-state index < -0.39 is 32.6 Å². The lowest BCUT2D eigenvalue weighted by molar-refractivity contribution is -0.0440. The molecule has 1 aromatic heterocycles. The molecule has 1 aliphatic rings. The van der Waals surface area contributed by atoms with Gasteiger partial charge in [-0.15, -0.1) is 5.10 Å². The predicted octanol–water partition coefficient (Wildman–Crippen LogP) is -1.58. The molecule has 106 valence electrons. The van der Waals surface area contributed by atoms with Crippen molar-refractivity contribution in [3.05, 3.63) is 12.2 Å². The first kappa shape index (κ1) is 14.1. The maximum Gasteiger partial charge on any atom is 0.316 e. The minimum atomic E-state index is -3.07. The molecule has 10 nitrogen and oxygen atoms in total. The van der Waals surface area contributed by atoms with E-state index in [0.717, 1.165) is 0 Å². The smallest absolute Gasteiger partial charge is 0.316 e. The zero-order chi connectivity index (χ0) is 14.0. The summed E-state index contributed by atoms with van der Waals surface area (Å²) in [6, 6.07) is 0. The van der Waals surface area contributed by atoms with E-state index in [1.54, 1.807) is 0 Å². The number of aromatic nitrogens is 3. The SMILES string of the molecule is NC(=O)c1ncn([C@H]2C[C@H](O)C(CO[PH](=O)O)O2)n1. The van der Waals surface area contributed by atoms with Gasteiger partial charge < -0.3 is 25.0 Å². The molecule has 0 saturated carbocycles. The summed E-state index contributed by atoms with van der Waals surface area (Å²) in [4.78, 5) is 23.1. The van der Waals surface area contributed by atoms with Gasteiger partial charge in [0, 0.05) is 6.42 Å². The zero-order valence-corrected chi connectivity index (χ0v) is 10.7. The first-order valence-corrected chi connectivity index (χ1v) is 6.64. The quantitative estimate of drug-likeness (QED) is 0.550. The number of primary amides is 1. The Morgan fingerprint density at radius 1 is 1.74 bits per heavy atom. The number of aliphatic hydroxyl groups excluding tert-OH is 1. The lowest BCUT2D eigenvalue weighted by Gasteiger charge is -2.13. The Balaban J connectivity index is 1.99. The number of nitrogens with two attached hydrogens (primary N) is 1. The molecule has 4 atom stereocenters. The molecule has 11 heteroatoms. The summed E-state index contributed by atoms with van der Waals surface area (Å²) < 4.78 is 21.6. The Kier molecular flexibility index (Phi) is 4.27. The van der Waals surface area contributed by atoms with E-state index in [1.807, 2.05) is 0 Å². The van der Waals surface area contributed by atoms with Crippen LogP contribution in [-0.2, 0) is 13.8 Å². The van der Waals surface area contributed by atoms with Gasteiger partial charge in [0.1, 0.15) is 12.4 Å². The fraction of sp³-hybridized carbons (Fsp3) is 0.625. The summed E-state index contributed by atoms with van der Waals surface area (Å²) in [5.41, 5.74) is 5.01. The molecule has 1 aromatic rings. The van der Waals surface area contributed by atoms with Gasteiger partial charge in [-0.05, 0) is 0 Å². The van der Waals surface area contributed by atoms with E-state index in [4.69, 9.17) is 15.4 Å². The summed E-state index contributed by atoms with van der Waals surface area (Å²) in [5, 5.41) is 13.5. The third kappa shape index (κ3) is 3.37. The highest BCUT2D eigenvalue weighted by Gasteiger charge is 2.36. The Labute approximate surface area is 108 Å². The zero-order valence-electron chi connectivity index (χ0n) is 9.67. The Morgan fingerprint density at radius 2 is 2.47 bits per heavy atom. The van der Waals surface area contributed by atoms with Gasteiger partial charge in [-0.1, -0.05) is 0 Å². The van der Waals surface area contributed by atoms with Gasteiger partial charge in [-0.3, -0.25) is 9.36 Å². The number of ether oxygens (including phenoxy) is 1. The molecular weight excluding hydrogens is 279 g/mol. The van der Waals surface area contributed by atoms with Crippen LogP contribution in [0.5, 0.6) is 0 Å². The van der Waals surface area contributed by atoms with Crippen LogP contribution in [0.1, 0.15) is 23.3 Å². The van der Waals surface area contributed by atoms with E-state index in [2.05, 4.69) is 14.6 Å². The summed E-state index contributed by atoms with van der Waals surface area (Å²) >= 11 is 0. The van der Waals surface area contributed by atoms with Crippen LogP contribution in [0.3, 0.4) is 0 Å². The van der Waals surface area contributed by atoms with Crippen LogP contribution in [-0.4, -0.2) is 49.5 Å². The van der Waals surface area contributed by atoms with Crippen molar-refractivity contribution in [1.82, 2.24) is 14.8 Å². The van der Waals surface area contributed by atoms with Gasteiger partial charge in [0.15, 0.2) is 6.23 Å². The van der Waals surface area contributed by atoms with Crippen molar-refractivity contribution >= 4 is 14.2 Å². The van der Waals surface area contributed by atoms with Crippen LogP contribution in [0.15, 0.2) is 6.33 Å². The van der Waals surface area contributed by atoms with Crippen LogP contribution >= 0.6 is 8.25 Å². The number of amides is 1. The van der Waals surface area contributed by atoms with Gasteiger partial charge >= 0.3 is 8.25 Å². The fourth-order valence-corrected chi connectivity index (χ4v) is 2.01. The lowest BCUT2D eigenvalue weighted by atomic mass is 10.2. The molecule has 1 fully saturated rings. The summed E-state index contributed by atoms with van der Waals surface area (Å²) in [6.45, 7) is -0.205. The predicted molar refractivity (Wildman–Crippen MR) is 60.2 cm³/mol. The van der Waals surface area contributed by atoms with Crippen molar-refractivity contribution in [1.29, 1.82) is 0 Å². The highest BCUT2D eigenvalue weighted by Crippen LogP contribution is 2.29. The summed E-state index contributed by atoms with van der Waals surface area (Å²) in [5.74, 6) is -0.922. The molecule has 2 rings (SSSR count). The molecule has 2 unspecified atom stereocenters. The van der Waals surface area contributed by atoms with Gasteiger partial charge in [0.25, 0.3) is 5.91 Å². The topological polar surface area (TPSA) is 150 Å². The van der Waals surface area contributed by atoms with Crippen LogP contribution in [0, 0.1) is 0 Å². The van der Waals surface area contributed by atoms with Crippen molar-refractivity contribution in [2.24, 2.45) is 5.73 Å². The molecule has 0 radical (unpaired) electrons. The van der Waals surface area contributed by atoms with Crippen molar-refractivity contribution in [2.45, 2.75) is 24.9 Å². The molecule has 0 aliphatic carbocycles. The average Bonchev–Trinajstić information content (AvgIpc) is 2.92. The van der Waals surface area contributed by atoms with E-state index in [9.17, 15) is 14.5 Å². The number of hydrogen-bond donors (Lipinski definition) is 3. The molecule has 0 bridgehead atoms. The van der Waals surface area contributed by atoms with Crippen molar-refractivity contribution < 1.29 is 28.6 Å². The summed E-state index contributed by atoms with van der Waals surface area (Å²) in [6.07, 6.45) is -0.789. The maximum atomic E-state index is 10.8. The number of nitrogens with zero attached hydrogens (tertiary/aromatic N) is 3. The Hall–Kier alpha value is -1.32. The number of carbonyl (C=O) groups is 1. The largest absolute Gasteiger partial charge is 0.390 e. The second kappa shape index (κ2) is 5.76. The van der Waals surface area contributed by atoms with Crippen LogP contribution in [0.25, 0.3) is 0 Å². The monoisotopic (exact) mass is 292 g/mol. The molecule has 1 amide bonds. The van der Waals surface area contributed by atoms with E-state index in [0.29, 0.717) is 0 Å². The Bertz CT molecular complexity index is 493. The number of aliphatic hydroxyl groups is 1. The van der Waals surface area contributed by atoms with Gasteiger partial charge in [0.2, 0.25) is 5.82 Å². The normalized spacial score (nSPS) is 28.4. The minimum Gasteiger partial charge on any atom is -0.390 e. The molecule has 2 heterocycles. The number of rotatable bonds is 5. The maximum absolute atomic E-state index is 10.8. The highest BCUT2D eigenvalue weighted by molar-refractivity contribution is 7.32. The highest BCUT2D eigenvalue weighted by atomic mass is 31.1. The van der Waals surface area contributed by atoms with E-state index >= 15 is 0 Å². The fourth-order valence-electron chi connectivity index (χ4n) is 1.71. The molecule has 0 spiro atoms. The molecule has 1 aliphatic heterocycles. The first-order valence-electron chi connectivity index (χ1n) is 5.37. The molecular formula is C8H13N4O6P. The van der Waals surface area contributed by atoms with Crippen molar-refractivity contribution in [2.75, 3.05) is 6.61 Å². The summed E-state index contributed by atoms with van der Waals surface area (Å²) in [7, 11) is -3.07. The first-order chi connectivity index (χ1) is 8.97. The van der Waals surface area contributed by atoms with E-state index in [-0.39, 0.29) is 18.9 Å². The van der Waals surface area contributed by atoms with Gasteiger partial charge in [0.05, 0.1) is 12.7 Å². The van der Waals surface area contributed by atoms with Crippen LogP contribution in [0.2, 0.25) is 0 Å². The van der Waals surface area contributed by atoms with E-state index in [1.165, 1.54) is 11.0 Å².